The normalized spacial score (nSPS) is 18.9. The van der Waals surface area contributed by atoms with Gasteiger partial charge >= 0.3 is 5.97 Å². The summed E-state index contributed by atoms with van der Waals surface area (Å²) in [4.78, 5) is 92.1. The molecule has 2 aromatic carbocycles. The number of hydrogen-bond donors (Lipinski definition) is 6. The summed E-state index contributed by atoms with van der Waals surface area (Å²) >= 11 is 0. The Morgan fingerprint density at radius 3 is 1.38 bits per heavy atom. The molecule has 0 saturated carbocycles. The van der Waals surface area contributed by atoms with Crippen molar-refractivity contribution in [2.45, 2.75) is 39.5 Å². The fraction of sp³-hybridized carbons (Fsp3) is 0.435. The number of aromatic nitrogens is 8. The van der Waals surface area contributed by atoms with Gasteiger partial charge in [-0.15, -0.1) is 0 Å². The summed E-state index contributed by atoms with van der Waals surface area (Å²) < 4.78 is 0. The molecule has 10 rings (SSSR count). The Bertz CT molecular complexity index is 2560. The Labute approximate surface area is 392 Å². The molecule has 2 unspecified atom stereocenters. The molecule has 0 spiro atoms. The number of anilines is 8. The van der Waals surface area contributed by atoms with E-state index in [2.05, 4.69) is 67.4 Å². The lowest BCUT2D eigenvalue weighted by Crippen LogP contribution is -2.48. The van der Waals surface area contributed by atoms with E-state index in [0.29, 0.717) is 54.0 Å². The summed E-state index contributed by atoms with van der Waals surface area (Å²) in [5.41, 5.74) is 12.0. The average Bonchev–Trinajstić information content (AvgIpc) is 4.05. The van der Waals surface area contributed by atoms with Crippen LogP contribution >= 0.6 is 0 Å². The lowest BCUT2D eigenvalue weighted by atomic mass is 9.97. The molecule has 4 fully saturated rings. The molecule has 22 nitrogen and oxygen atoms in total. The third-order valence-corrected chi connectivity index (χ3v) is 13.2. The molecule has 3 amide bonds. The minimum atomic E-state index is -0.777. The van der Waals surface area contributed by atoms with E-state index in [1.165, 1.54) is 0 Å². The van der Waals surface area contributed by atoms with E-state index in [0.717, 1.165) is 119 Å². The topological polar surface area (TPSA) is 267 Å². The highest BCUT2D eigenvalue weighted by Gasteiger charge is 2.30. The molecular formula is C46H57N17O5. The smallest absolute Gasteiger partial charge is 0.308 e. The van der Waals surface area contributed by atoms with Crippen LogP contribution in [0.4, 0.5) is 46.3 Å². The summed E-state index contributed by atoms with van der Waals surface area (Å²) in [5, 5.41) is 16.0. The minimum absolute atomic E-state index is 0.121. The molecule has 4 aromatic heterocycles. The maximum atomic E-state index is 11.8. The Morgan fingerprint density at radius 1 is 0.574 bits per heavy atom. The monoisotopic (exact) mass is 927 g/mol. The molecule has 68 heavy (non-hydrogen) atoms. The predicted octanol–water partition coefficient (Wildman–Crippen LogP) is 3.53. The van der Waals surface area contributed by atoms with Crippen LogP contribution in [0.1, 0.15) is 39.5 Å². The molecule has 0 radical (unpaired) electrons. The number of H-pyrrole nitrogens is 2. The number of piperazine rings is 2. The van der Waals surface area contributed by atoms with Gasteiger partial charge in [-0.05, 0) is 74.2 Å². The summed E-state index contributed by atoms with van der Waals surface area (Å²) in [6.45, 7) is 11.9. The number of carbonyl (C=O) groups is 4. The van der Waals surface area contributed by atoms with Crippen LogP contribution in [-0.4, -0.2) is 157 Å². The first-order chi connectivity index (χ1) is 32.9. The first-order valence-electron chi connectivity index (χ1n) is 23.1. The fourth-order valence-electron chi connectivity index (χ4n) is 9.31. The number of carbonyl (C=O) groups excluding carboxylic acids is 3. The Balaban J connectivity index is 0.000000170. The molecule has 22 heteroatoms. The van der Waals surface area contributed by atoms with Gasteiger partial charge in [0.25, 0.3) is 0 Å². The number of aromatic amines is 2. The zero-order valence-corrected chi connectivity index (χ0v) is 38.3. The van der Waals surface area contributed by atoms with E-state index in [1.54, 1.807) is 26.5 Å². The highest BCUT2D eigenvalue weighted by atomic mass is 16.4. The number of carboxylic acids is 1. The number of rotatable bonds is 10. The van der Waals surface area contributed by atoms with Gasteiger partial charge < -0.3 is 60.8 Å². The van der Waals surface area contributed by atoms with Crippen LogP contribution in [0.5, 0.6) is 0 Å². The van der Waals surface area contributed by atoms with Crippen LogP contribution in [0, 0.1) is 11.8 Å². The molecular weight excluding hydrogens is 871 g/mol. The van der Waals surface area contributed by atoms with Crippen molar-refractivity contribution in [3.63, 3.8) is 0 Å². The van der Waals surface area contributed by atoms with Gasteiger partial charge in [-0.25, -0.2) is 9.97 Å². The third-order valence-electron chi connectivity index (χ3n) is 13.2. The standard InChI is InChI=1S/C23H29N9O2.C23H28N8O3/c1-15(33)30-9-11-31(12-10-30)18-6-4-17(5-7-18)27-23-28-21-19(25-14-26-21)22(29-23)32-8-2-3-16(13-32)20(24)34;1-15(32)29-9-11-30(12-10-29)18-6-4-17(5-7-18)26-23-27-20-19(24-14-25-20)21(28-23)31-8-2-3-16(13-31)22(33)34/h4-7,14,16H,2-3,8-13H2,1H3,(H2,24,34)(H2,25,26,27,28,29);4-7,14,16H,2-3,8-13H2,1H3,(H,33,34)(H2,24,25,26,27,28). The number of primary amides is 1. The van der Waals surface area contributed by atoms with E-state index in [9.17, 15) is 24.3 Å². The number of hydrogen-bond acceptors (Lipinski definition) is 16. The molecule has 6 aromatic rings. The number of piperidine rings is 2. The molecule has 4 aliphatic rings. The van der Waals surface area contributed by atoms with Crippen molar-refractivity contribution in [2.24, 2.45) is 17.6 Å². The zero-order valence-electron chi connectivity index (χ0n) is 38.3. The van der Waals surface area contributed by atoms with Gasteiger partial charge in [0.1, 0.15) is 11.0 Å². The quantitative estimate of drug-likeness (QED) is 0.115. The van der Waals surface area contributed by atoms with Crippen LogP contribution in [-0.2, 0) is 19.2 Å². The minimum Gasteiger partial charge on any atom is -0.481 e. The maximum Gasteiger partial charge on any atom is 0.308 e. The predicted molar refractivity (Wildman–Crippen MR) is 258 cm³/mol. The number of aliphatic carboxylic acids is 1. The van der Waals surface area contributed by atoms with E-state index < -0.39 is 11.9 Å². The molecule has 0 aliphatic carbocycles. The number of imidazole rings is 2. The molecule has 2 atom stereocenters. The van der Waals surface area contributed by atoms with Crippen LogP contribution in [0.25, 0.3) is 22.3 Å². The Hall–Kier alpha value is -7.78. The average molecular weight is 928 g/mol. The van der Waals surface area contributed by atoms with Gasteiger partial charge in [-0.2, -0.15) is 19.9 Å². The van der Waals surface area contributed by atoms with Gasteiger partial charge in [0.05, 0.1) is 24.5 Å². The summed E-state index contributed by atoms with van der Waals surface area (Å²) in [6, 6.07) is 16.1. The second-order valence-electron chi connectivity index (χ2n) is 17.6. The fourth-order valence-corrected chi connectivity index (χ4v) is 9.31. The summed E-state index contributed by atoms with van der Waals surface area (Å²) in [6.07, 6.45) is 6.31. The Morgan fingerprint density at radius 2 is 0.985 bits per heavy atom. The molecule has 4 saturated heterocycles. The maximum absolute atomic E-state index is 11.8. The van der Waals surface area contributed by atoms with Crippen LogP contribution in [0.3, 0.4) is 0 Å². The number of benzene rings is 2. The zero-order chi connectivity index (χ0) is 47.3. The molecule has 356 valence electrons. The lowest BCUT2D eigenvalue weighted by molar-refractivity contribution is -0.142. The summed E-state index contributed by atoms with van der Waals surface area (Å²) in [5.74, 6) is 0.824. The molecule has 8 heterocycles. The number of amides is 3. The highest BCUT2D eigenvalue weighted by Crippen LogP contribution is 2.31. The number of nitrogens with zero attached hydrogens (tertiary/aromatic N) is 12. The number of carboxylic acid groups (broad SMARTS) is 1. The van der Waals surface area contributed by atoms with Crippen LogP contribution in [0.15, 0.2) is 61.2 Å². The second-order valence-corrected chi connectivity index (χ2v) is 17.6. The lowest BCUT2D eigenvalue weighted by Gasteiger charge is -2.35. The van der Waals surface area contributed by atoms with Gasteiger partial charge in [0.15, 0.2) is 22.9 Å². The van der Waals surface area contributed by atoms with Crippen molar-refractivity contribution in [1.29, 1.82) is 0 Å². The number of nitrogens with one attached hydrogen (secondary N) is 4. The third kappa shape index (κ3) is 10.3. The first kappa shape index (κ1) is 45.4. The van der Waals surface area contributed by atoms with E-state index in [-0.39, 0.29) is 23.6 Å². The molecule has 4 aliphatic heterocycles. The van der Waals surface area contributed by atoms with E-state index in [1.807, 2.05) is 51.1 Å². The van der Waals surface area contributed by atoms with Gasteiger partial charge in [-0.1, -0.05) is 0 Å². The van der Waals surface area contributed by atoms with Crippen molar-refractivity contribution < 1.29 is 24.3 Å². The molecule has 0 bridgehead atoms. The van der Waals surface area contributed by atoms with Crippen molar-refractivity contribution in [3.8, 4) is 0 Å². The van der Waals surface area contributed by atoms with Crippen molar-refractivity contribution >= 4 is 92.3 Å². The first-order valence-corrected chi connectivity index (χ1v) is 23.1. The van der Waals surface area contributed by atoms with Crippen molar-refractivity contribution in [3.05, 3.63) is 61.2 Å². The number of nitrogens with two attached hydrogens (primary N) is 1. The summed E-state index contributed by atoms with van der Waals surface area (Å²) in [7, 11) is 0. The largest absolute Gasteiger partial charge is 0.481 e. The van der Waals surface area contributed by atoms with Gasteiger partial charge in [0, 0.05) is 115 Å². The van der Waals surface area contributed by atoms with Gasteiger partial charge in [-0.3, -0.25) is 19.2 Å². The van der Waals surface area contributed by atoms with Crippen molar-refractivity contribution in [1.82, 2.24) is 49.7 Å². The second kappa shape index (κ2) is 20.0. The van der Waals surface area contributed by atoms with Crippen LogP contribution < -0.4 is 36.0 Å². The van der Waals surface area contributed by atoms with E-state index >= 15 is 0 Å². The van der Waals surface area contributed by atoms with Gasteiger partial charge in [0.2, 0.25) is 29.6 Å². The van der Waals surface area contributed by atoms with E-state index in [4.69, 9.17) is 15.7 Å². The molecule has 7 N–H and O–H groups in total. The van der Waals surface area contributed by atoms with Crippen molar-refractivity contribution in [2.75, 3.05) is 109 Å². The SMILES string of the molecule is CC(=O)N1CCN(c2ccc(Nc3nc(N4CCCC(C(=O)O)C4)c4[nH]cnc4n3)cc2)CC1.CC(=O)N1CCN(c2ccc(Nc3nc(N4CCCC(C(N)=O)C4)c4[nH]cnc4n3)cc2)CC1. The Kier molecular flexibility index (Phi) is 13.3. The van der Waals surface area contributed by atoms with Crippen LogP contribution in [0.2, 0.25) is 0 Å². The highest BCUT2D eigenvalue weighted by molar-refractivity contribution is 5.87. The number of fused-ring (bicyclic) bond motifs is 2.